The molecule has 0 amide bonds. The Kier molecular flexibility index (Phi) is 4.59. The predicted molar refractivity (Wildman–Crippen MR) is 80.1 cm³/mol. The lowest BCUT2D eigenvalue weighted by molar-refractivity contribution is 0.301. The van der Waals surface area contributed by atoms with E-state index in [1.165, 1.54) is 0 Å². The van der Waals surface area contributed by atoms with Crippen LogP contribution in [0.2, 0.25) is 0 Å². The smallest absolute Gasteiger partial charge is 0.0992 e. The number of nitriles is 1. The van der Waals surface area contributed by atoms with Gasteiger partial charge in [0.2, 0.25) is 0 Å². The molecule has 4 heteroatoms. The van der Waals surface area contributed by atoms with Crippen LogP contribution in [0.4, 0.5) is 11.4 Å². The van der Waals surface area contributed by atoms with E-state index in [-0.39, 0.29) is 6.61 Å². The number of aliphatic hydroxyl groups is 1. The van der Waals surface area contributed by atoms with Crippen LogP contribution >= 0.6 is 0 Å². The van der Waals surface area contributed by atoms with Gasteiger partial charge in [-0.3, -0.25) is 0 Å². The van der Waals surface area contributed by atoms with Crippen LogP contribution in [0.1, 0.15) is 11.1 Å². The largest absolute Gasteiger partial charge is 0.397 e. The molecule has 0 unspecified atom stereocenters. The summed E-state index contributed by atoms with van der Waals surface area (Å²) in [4.78, 5) is 1.98. The van der Waals surface area contributed by atoms with Crippen molar-refractivity contribution in [1.29, 1.82) is 5.26 Å². The SMILES string of the molecule is N#Cc1ccc(N)c(N(CCO)Cc2ccccc2)c1. The van der Waals surface area contributed by atoms with Crippen molar-refractivity contribution in [3.8, 4) is 6.07 Å². The fourth-order valence-electron chi connectivity index (χ4n) is 2.10. The molecule has 3 N–H and O–H groups in total. The van der Waals surface area contributed by atoms with Gasteiger partial charge in [-0.05, 0) is 23.8 Å². The third kappa shape index (κ3) is 3.28. The van der Waals surface area contributed by atoms with Crippen LogP contribution in [0, 0.1) is 11.3 Å². The summed E-state index contributed by atoms with van der Waals surface area (Å²) < 4.78 is 0. The summed E-state index contributed by atoms with van der Waals surface area (Å²) in [5.41, 5.74) is 9.07. The maximum Gasteiger partial charge on any atom is 0.0992 e. The molecule has 0 aliphatic rings. The molecule has 0 spiro atoms. The summed E-state index contributed by atoms with van der Waals surface area (Å²) in [6, 6.07) is 17.2. The van der Waals surface area contributed by atoms with Gasteiger partial charge in [0.25, 0.3) is 0 Å². The number of anilines is 2. The normalized spacial score (nSPS) is 10.0. The Hall–Kier alpha value is -2.51. The number of aliphatic hydroxyl groups excluding tert-OH is 1. The monoisotopic (exact) mass is 267 g/mol. The molecule has 0 fully saturated rings. The van der Waals surface area contributed by atoms with Crippen molar-refractivity contribution >= 4 is 11.4 Å². The van der Waals surface area contributed by atoms with Gasteiger partial charge in [-0.15, -0.1) is 0 Å². The highest BCUT2D eigenvalue weighted by atomic mass is 16.3. The standard InChI is InChI=1S/C16H17N3O/c17-11-14-6-7-15(18)16(10-14)19(8-9-20)12-13-4-2-1-3-5-13/h1-7,10,20H,8-9,12,18H2. The van der Waals surface area contributed by atoms with Gasteiger partial charge < -0.3 is 15.7 Å². The molecule has 0 saturated heterocycles. The number of nitrogens with zero attached hydrogens (tertiary/aromatic N) is 2. The van der Waals surface area contributed by atoms with Crippen LogP contribution in [0.3, 0.4) is 0 Å². The summed E-state index contributed by atoms with van der Waals surface area (Å²) in [5.74, 6) is 0. The van der Waals surface area contributed by atoms with Crippen LogP contribution in [0.15, 0.2) is 48.5 Å². The number of benzene rings is 2. The van der Waals surface area contributed by atoms with Crippen LogP contribution in [-0.2, 0) is 6.54 Å². The molecule has 0 aromatic heterocycles. The molecule has 0 radical (unpaired) electrons. The summed E-state index contributed by atoms with van der Waals surface area (Å²) in [5, 5.41) is 18.2. The third-order valence-electron chi connectivity index (χ3n) is 3.09. The zero-order valence-corrected chi connectivity index (χ0v) is 11.2. The lowest BCUT2D eigenvalue weighted by Gasteiger charge is -2.25. The lowest BCUT2D eigenvalue weighted by atomic mass is 10.1. The molecular weight excluding hydrogens is 250 g/mol. The quantitative estimate of drug-likeness (QED) is 0.814. The summed E-state index contributed by atoms with van der Waals surface area (Å²) in [7, 11) is 0. The second-order valence-electron chi connectivity index (χ2n) is 4.52. The predicted octanol–water partition coefficient (Wildman–Crippen LogP) is 2.14. The van der Waals surface area contributed by atoms with E-state index >= 15 is 0 Å². The van der Waals surface area contributed by atoms with Crippen LogP contribution in [-0.4, -0.2) is 18.3 Å². The molecule has 0 aliphatic heterocycles. The van der Waals surface area contributed by atoms with E-state index in [4.69, 9.17) is 11.0 Å². The Morgan fingerprint density at radius 3 is 2.55 bits per heavy atom. The fourth-order valence-corrected chi connectivity index (χ4v) is 2.10. The van der Waals surface area contributed by atoms with E-state index in [2.05, 4.69) is 6.07 Å². The van der Waals surface area contributed by atoms with Gasteiger partial charge in [-0.1, -0.05) is 30.3 Å². The summed E-state index contributed by atoms with van der Waals surface area (Å²) in [6.45, 7) is 1.14. The number of hydrogen-bond donors (Lipinski definition) is 2. The van der Waals surface area contributed by atoms with Gasteiger partial charge >= 0.3 is 0 Å². The van der Waals surface area contributed by atoms with E-state index in [9.17, 15) is 5.11 Å². The van der Waals surface area contributed by atoms with Crippen molar-refractivity contribution in [2.45, 2.75) is 6.54 Å². The third-order valence-corrected chi connectivity index (χ3v) is 3.09. The van der Waals surface area contributed by atoms with E-state index < -0.39 is 0 Å². The molecule has 20 heavy (non-hydrogen) atoms. The van der Waals surface area contributed by atoms with Crippen molar-refractivity contribution in [3.63, 3.8) is 0 Å². The van der Waals surface area contributed by atoms with E-state index in [0.29, 0.717) is 24.3 Å². The first-order valence-electron chi connectivity index (χ1n) is 6.44. The molecule has 102 valence electrons. The summed E-state index contributed by atoms with van der Waals surface area (Å²) >= 11 is 0. The number of nitrogen functional groups attached to an aromatic ring is 1. The lowest BCUT2D eigenvalue weighted by Crippen LogP contribution is -2.27. The van der Waals surface area contributed by atoms with Crippen molar-refractivity contribution < 1.29 is 5.11 Å². The van der Waals surface area contributed by atoms with Crippen molar-refractivity contribution in [3.05, 3.63) is 59.7 Å². The first-order chi connectivity index (χ1) is 9.74. The van der Waals surface area contributed by atoms with Gasteiger partial charge in [0, 0.05) is 13.1 Å². The van der Waals surface area contributed by atoms with E-state index in [1.807, 2.05) is 35.2 Å². The Balaban J connectivity index is 2.31. The maximum absolute atomic E-state index is 9.25. The van der Waals surface area contributed by atoms with Crippen molar-refractivity contribution in [1.82, 2.24) is 0 Å². The van der Waals surface area contributed by atoms with E-state index in [1.54, 1.807) is 18.2 Å². The molecule has 4 nitrogen and oxygen atoms in total. The highest BCUT2D eigenvalue weighted by molar-refractivity contribution is 5.69. The molecule has 0 aliphatic carbocycles. The molecule has 2 aromatic rings. The minimum absolute atomic E-state index is 0.0308. The zero-order chi connectivity index (χ0) is 14.4. The Morgan fingerprint density at radius 2 is 1.90 bits per heavy atom. The summed E-state index contributed by atoms with van der Waals surface area (Å²) in [6.07, 6.45) is 0. The minimum atomic E-state index is 0.0308. The van der Waals surface area contributed by atoms with Gasteiger partial charge in [-0.25, -0.2) is 0 Å². The topological polar surface area (TPSA) is 73.3 Å². The first kappa shape index (κ1) is 13.9. The van der Waals surface area contributed by atoms with Crippen molar-refractivity contribution in [2.24, 2.45) is 0 Å². The van der Waals surface area contributed by atoms with Crippen molar-refractivity contribution in [2.75, 3.05) is 23.8 Å². The van der Waals surface area contributed by atoms with E-state index in [0.717, 1.165) is 11.3 Å². The van der Waals surface area contributed by atoms with Gasteiger partial charge in [0.15, 0.2) is 0 Å². The van der Waals surface area contributed by atoms with Gasteiger partial charge in [0.05, 0.1) is 29.6 Å². The van der Waals surface area contributed by atoms with Gasteiger partial charge in [0.1, 0.15) is 0 Å². The first-order valence-corrected chi connectivity index (χ1v) is 6.44. The molecule has 2 aromatic carbocycles. The fraction of sp³-hybridized carbons (Fsp3) is 0.188. The molecule has 0 heterocycles. The van der Waals surface area contributed by atoms with Gasteiger partial charge in [-0.2, -0.15) is 5.26 Å². The molecule has 0 atom stereocenters. The zero-order valence-electron chi connectivity index (χ0n) is 11.2. The molecule has 0 saturated carbocycles. The number of rotatable bonds is 5. The Morgan fingerprint density at radius 1 is 1.15 bits per heavy atom. The highest BCUT2D eigenvalue weighted by Gasteiger charge is 2.11. The second-order valence-corrected chi connectivity index (χ2v) is 4.52. The maximum atomic E-state index is 9.25. The Bertz CT molecular complexity index is 605. The highest BCUT2D eigenvalue weighted by Crippen LogP contribution is 2.25. The molecular formula is C16H17N3O. The molecule has 2 rings (SSSR count). The average molecular weight is 267 g/mol. The average Bonchev–Trinajstić information content (AvgIpc) is 2.48. The molecule has 0 bridgehead atoms. The van der Waals surface area contributed by atoms with Crippen LogP contribution in [0.5, 0.6) is 0 Å². The van der Waals surface area contributed by atoms with Crippen LogP contribution in [0.25, 0.3) is 0 Å². The Labute approximate surface area is 118 Å². The number of nitrogens with two attached hydrogens (primary N) is 1. The second kappa shape index (κ2) is 6.60. The van der Waals surface area contributed by atoms with Crippen LogP contribution < -0.4 is 10.6 Å². The number of hydrogen-bond acceptors (Lipinski definition) is 4. The minimum Gasteiger partial charge on any atom is -0.397 e.